The van der Waals surface area contributed by atoms with Crippen molar-refractivity contribution in [3.05, 3.63) is 35.4 Å². The van der Waals surface area contributed by atoms with E-state index in [1.165, 1.54) is 0 Å². The van der Waals surface area contributed by atoms with Crippen molar-refractivity contribution in [1.29, 1.82) is 0 Å². The maximum absolute atomic E-state index is 10.4. The molecule has 0 amide bonds. The smallest absolute Gasteiger partial charge is 0.337 e. The molecule has 1 rings (SSSR count). The maximum atomic E-state index is 10.4. The van der Waals surface area contributed by atoms with E-state index < -0.39 is 12.1 Å². The zero-order valence-electron chi connectivity index (χ0n) is 6.97. The molecule has 1 aromatic rings. The summed E-state index contributed by atoms with van der Waals surface area (Å²) in [7, 11) is 0. The summed E-state index contributed by atoms with van der Waals surface area (Å²) >= 11 is 0. The molecule has 0 unspecified atom stereocenters. The summed E-state index contributed by atoms with van der Waals surface area (Å²) in [6, 6.07) is 6.50. The summed E-state index contributed by atoms with van der Waals surface area (Å²) in [5.74, 6) is -1.25. The first-order valence-corrected chi connectivity index (χ1v) is 3.85. The highest BCUT2D eigenvalue weighted by Gasteiger charge is 2.14. The Bertz CT molecular complexity index is 294. The lowest BCUT2D eigenvalue weighted by Gasteiger charge is -2.05. The number of hydrogen-bond acceptors (Lipinski definition) is 3. The van der Waals surface area contributed by atoms with Gasteiger partial charge >= 0.3 is 5.97 Å². The number of rotatable bonds is 3. The van der Waals surface area contributed by atoms with Crippen molar-refractivity contribution in [3.8, 4) is 0 Å². The highest BCUT2D eigenvalue weighted by atomic mass is 16.4. The van der Waals surface area contributed by atoms with E-state index in [0.29, 0.717) is 12.1 Å². The molecular weight excluding hydrogens is 170 g/mol. The number of aliphatic carboxylic acids is 1. The van der Waals surface area contributed by atoms with Gasteiger partial charge in [0, 0.05) is 6.54 Å². The molecule has 0 saturated heterocycles. The van der Waals surface area contributed by atoms with Crippen LogP contribution in [-0.4, -0.2) is 16.2 Å². The summed E-state index contributed by atoms with van der Waals surface area (Å²) in [6.07, 6.45) is -1.45. The van der Waals surface area contributed by atoms with Crippen LogP contribution in [0.25, 0.3) is 0 Å². The van der Waals surface area contributed by atoms with Crippen molar-refractivity contribution in [1.82, 2.24) is 0 Å². The summed E-state index contributed by atoms with van der Waals surface area (Å²) in [5, 5.41) is 17.6. The Morgan fingerprint density at radius 3 is 2.31 bits per heavy atom. The average Bonchev–Trinajstić information content (AvgIpc) is 2.17. The van der Waals surface area contributed by atoms with Crippen LogP contribution in [0.2, 0.25) is 0 Å². The van der Waals surface area contributed by atoms with Crippen molar-refractivity contribution in [2.45, 2.75) is 12.6 Å². The second kappa shape index (κ2) is 4.02. The van der Waals surface area contributed by atoms with Gasteiger partial charge in [-0.25, -0.2) is 4.79 Å². The van der Waals surface area contributed by atoms with Crippen LogP contribution in [0.1, 0.15) is 17.2 Å². The van der Waals surface area contributed by atoms with E-state index in [-0.39, 0.29) is 0 Å². The Morgan fingerprint density at radius 2 is 1.92 bits per heavy atom. The van der Waals surface area contributed by atoms with Gasteiger partial charge in [0.25, 0.3) is 0 Å². The minimum atomic E-state index is -1.45. The van der Waals surface area contributed by atoms with Crippen LogP contribution in [0, 0.1) is 0 Å². The van der Waals surface area contributed by atoms with E-state index in [2.05, 4.69) is 0 Å². The van der Waals surface area contributed by atoms with Gasteiger partial charge in [0.15, 0.2) is 6.10 Å². The van der Waals surface area contributed by atoms with Gasteiger partial charge in [0.05, 0.1) is 0 Å². The van der Waals surface area contributed by atoms with Gasteiger partial charge in [-0.2, -0.15) is 0 Å². The van der Waals surface area contributed by atoms with E-state index in [9.17, 15) is 4.79 Å². The van der Waals surface area contributed by atoms with E-state index in [1.807, 2.05) is 0 Å². The molecule has 0 heterocycles. The molecule has 0 saturated carbocycles. The maximum Gasteiger partial charge on any atom is 0.337 e. The molecule has 4 nitrogen and oxygen atoms in total. The Hall–Kier alpha value is -1.39. The molecule has 0 spiro atoms. The predicted molar refractivity (Wildman–Crippen MR) is 46.9 cm³/mol. The van der Waals surface area contributed by atoms with Crippen LogP contribution >= 0.6 is 0 Å². The molecule has 0 aliphatic rings. The van der Waals surface area contributed by atoms with Crippen LogP contribution in [0.15, 0.2) is 24.3 Å². The minimum absolute atomic E-state index is 0.365. The summed E-state index contributed by atoms with van der Waals surface area (Å²) < 4.78 is 0. The van der Waals surface area contributed by atoms with Gasteiger partial charge in [-0.3, -0.25) is 0 Å². The van der Waals surface area contributed by atoms with Crippen LogP contribution in [0.4, 0.5) is 0 Å². The number of nitrogens with two attached hydrogens (primary N) is 1. The molecular formula is C9H11NO3. The van der Waals surface area contributed by atoms with Gasteiger partial charge in [0.1, 0.15) is 0 Å². The molecule has 0 aliphatic heterocycles. The van der Waals surface area contributed by atoms with Crippen LogP contribution in [0.3, 0.4) is 0 Å². The molecule has 4 N–H and O–H groups in total. The average molecular weight is 181 g/mol. The number of aliphatic hydroxyl groups excluding tert-OH is 1. The number of carboxylic acids is 1. The second-order valence-electron chi connectivity index (χ2n) is 2.69. The van der Waals surface area contributed by atoms with Crippen molar-refractivity contribution < 1.29 is 15.0 Å². The Morgan fingerprint density at radius 1 is 1.38 bits per heavy atom. The van der Waals surface area contributed by atoms with Crippen molar-refractivity contribution >= 4 is 5.97 Å². The number of aliphatic hydroxyl groups is 1. The highest BCUT2D eigenvalue weighted by molar-refractivity contribution is 5.73. The fourth-order valence-corrected chi connectivity index (χ4v) is 0.979. The standard InChI is InChI=1S/C9H11NO3/c10-5-6-1-3-7(4-2-6)8(11)9(12)13/h1-4,8,11H,5,10H2,(H,12,13)/t8-/m1/s1. The quantitative estimate of drug-likeness (QED) is 0.624. The van der Waals surface area contributed by atoms with Crippen molar-refractivity contribution in [2.75, 3.05) is 0 Å². The van der Waals surface area contributed by atoms with E-state index in [4.69, 9.17) is 15.9 Å². The second-order valence-corrected chi connectivity index (χ2v) is 2.69. The lowest BCUT2D eigenvalue weighted by Crippen LogP contribution is -2.10. The Labute approximate surface area is 75.6 Å². The van der Waals surface area contributed by atoms with E-state index in [1.54, 1.807) is 24.3 Å². The number of hydrogen-bond donors (Lipinski definition) is 3. The van der Waals surface area contributed by atoms with Crippen molar-refractivity contribution in [2.24, 2.45) is 5.73 Å². The predicted octanol–water partition coefficient (Wildman–Crippen LogP) is 0.263. The summed E-state index contributed by atoms with van der Waals surface area (Å²) in [5.41, 5.74) is 6.63. The van der Waals surface area contributed by atoms with Gasteiger partial charge in [0.2, 0.25) is 0 Å². The monoisotopic (exact) mass is 181 g/mol. The fraction of sp³-hybridized carbons (Fsp3) is 0.222. The largest absolute Gasteiger partial charge is 0.479 e. The molecule has 0 bridgehead atoms. The lowest BCUT2D eigenvalue weighted by molar-refractivity contribution is -0.146. The van der Waals surface area contributed by atoms with Crippen LogP contribution in [0.5, 0.6) is 0 Å². The number of benzene rings is 1. The fourth-order valence-electron chi connectivity index (χ4n) is 0.979. The van der Waals surface area contributed by atoms with Gasteiger partial charge in [-0.1, -0.05) is 24.3 Å². The zero-order valence-corrected chi connectivity index (χ0v) is 6.97. The molecule has 0 aromatic heterocycles. The van der Waals surface area contributed by atoms with Crippen LogP contribution in [-0.2, 0) is 11.3 Å². The van der Waals surface area contributed by atoms with Gasteiger partial charge < -0.3 is 15.9 Å². The SMILES string of the molecule is NCc1ccc([C@@H](O)C(=O)O)cc1. The third-order valence-corrected chi connectivity index (χ3v) is 1.77. The lowest BCUT2D eigenvalue weighted by atomic mass is 10.1. The zero-order chi connectivity index (χ0) is 9.84. The molecule has 0 aliphatic carbocycles. The normalized spacial score (nSPS) is 12.5. The first-order valence-electron chi connectivity index (χ1n) is 3.85. The van der Waals surface area contributed by atoms with E-state index >= 15 is 0 Å². The topological polar surface area (TPSA) is 83.5 Å². The summed E-state index contributed by atoms with van der Waals surface area (Å²) in [6.45, 7) is 0.406. The van der Waals surface area contributed by atoms with Crippen molar-refractivity contribution in [3.63, 3.8) is 0 Å². The van der Waals surface area contributed by atoms with Gasteiger partial charge in [-0.15, -0.1) is 0 Å². The Kier molecular flexibility index (Phi) is 3.00. The minimum Gasteiger partial charge on any atom is -0.479 e. The molecule has 4 heteroatoms. The molecule has 1 atom stereocenters. The molecule has 0 radical (unpaired) electrons. The van der Waals surface area contributed by atoms with Crippen LogP contribution < -0.4 is 5.73 Å². The summed E-state index contributed by atoms with van der Waals surface area (Å²) in [4.78, 5) is 10.4. The third kappa shape index (κ3) is 2.27. The van der Waals surface area contributed by atoms with Gasteiger partial charge in [-0.05, 0) is 11.1 Å². The molecule has 0 fully saturated rings. The molecule has 1 aromatic carbocycles. The number of carboxylic acid groups (broad SMARTS) is 1. The Balaban J connectivity index is 2.85. The molecule has 70 valence electrons. The number of carbonyl (C=O) groups is 1. The first-order chi connectivity index (χ1) is 6.15. The first kappa shape index (κ1) is 9.70. The van der Waals surface area contributed by atoms with E-state index in [0.717, 1.165) is 5.56 Å². The third-order valence-electron chi connectivity index (χ3n) is 1.77. The molecule has 13 heavy (non-hydrogen) atoms. The highest BCUT2D eigenvalue weighted by Crippen LogP contribution is 2.13.